The molecule has 0 bridgehead atoms. The fourth-order valence-corrected chi connectivity index (χ4v) is 3.06. The van der Waals surface area contributed by atoms with Gasteiger partial charge < -0.3 is 0 Å². The summed E-state index contributed by atoms with van der Waals surface area (Å²) in [7, 11) is -3.56. The van der Waals surface area contributed by atoms with Gasteiger partial charge >= 0.3 is 0 Å². The minimum Gasteiger partial charge on any atom is -0.218 e. The van der Waals surface area contributed by atoms with Crippen LogP contribution < -0.4 is 0 Å². The monoisotopic (exact) mass is 251 g/mol. The first-order valence-corrected chi connectivity index (χ1v) is 6.45. The van der Waals surface area contributed by atoms with E-state index in [1.54, 1.807) is 24.3 Å². The largest absolute Gasteiger partial charge is 0.218 e. The molecule has 4 heteroatoms. The predicted molar refractivity (Wildman–Crippen MR) is 62.2 cm³/mol. The number of halogens is 1. The number of hydrogen-bond donors (Lipinski definition) is 0. The van der Waals surface area contributed by atoms with Crippen molar-refractivity contribution in [1.29, 1.82) is 0 Å². The topological polar surface area (TPSA) is 34.1 Å². The summed E-state index contributed by atoms with van der Waals surface area (Å²) in [4.78, 5) is 0.238. The zero-order chi connectivity index (χ0) is 11.6. The molecule has 0 fully saturated rings. The van der Waals surface area contributed by atoms with E-state index < -0.39 is 9.84 Å². The molecule has 0 aliphatic carbocycles. The van der Waals surface area contributed by atoms with Crippen molar-refractivity contribution < 1.29 is 8.42 Å². The average Bonchev–Trinajstić information content (AvgIpc) is 2.30. The smallest absolute Gasteiger partial charge is 0.208 e. The van der Waals surface area contributed by atoms with E-state index >= 15 is 0 Å². The molecule has 2 aromatic rings. The van der Waals surface area contributed by atoms with Gasteiger partial charge in [-0.3, -0.25) is 0 Å². The fraction of sp³-hybridized carbons (Fsp3) is 0. The van der Waals surface area contributed by atoms with Crippen LogP contribution in [0.25, 0.3) is 0 Å². The second kappa shape index (κ2) is 4.28. The highest BCUT2D eigenvalue weighted by molar-refractivity contribution is 7.91. The molecular formula is C12H8ClO2S. The Morgan fingerprint density at radius 3 is 2.31 bits per heavy atom. The van der Waals surface area contributed by atoms with Crippen LogP contribution in [0.15, 0.2) is 58.3 Å². The molecule has 0 amide bonds. The maximum atomic E-state index is 12.1. The lowest BCUT2D eigenvalue weighted by molar-refractivity contribution is 0.596. The first kappa shape index (κ1) is 11.2. The van der Waals surface area contributed by atoms with E-state index in [0.717, 1.165) is 0 Å². The Kier molecular flexibility index (Phi) is 2.99. The van der Waals surface area contributed by atoms with Crippen molar-refractivity contribution >= 4 is 21.4 Å². The molecule has 0 atom stereocenters. The van der Waals surface area contributed by atoms with E-state index in [-0.39, 0.29) is 14.8 Å². The van der Waals surface area contributed by atoms with Gasteiger partial charge in [-0.05, 0) is 18.2 Å². The van der Waals surface area contributed by atoms with Gasteiger partial charge in [0.25, 0.3) is 0 Å². The van der Waals surface area contributed by atoms with Gasteiger partial charge in [-0.15, -0.1) is 0 Å². The molecule has 81 valence electrons. The molecule has 16 heavy (non-hydrogen) atoms. The van der Waals surface area contributed by atoms with Crippen LogP contribution in [0.4, 0.5) is 0 Å². The summed E-state index contributed by atoms with van der Waals surface area (Å²) in [5.41, 5.74) is 0. The van der Waals surface area contributed by atoms with Crippen LogP contribution in [0.5, 0.6) is 0 Å². The van der Waals surface area contributed by atoms with E-state index in [0.29, 0.717) is 0 Å². The minimum atomic E-state index is -3.56. The molecule has 2 rings (SSSR count). The fourth-order valence-electron chi connectivity index (χ4n) is 1.32. The molecule has 0 aromatic heterocycles. The zero-order valence-corrected chi connectivity index (χ0v) is 9.79. The van der Waals surface area contributed by atoms with Crippen LogP contribution >= 0.6 is 11.6 Å². The second-order valence-corrected chi connectivity index (χ2v) is 5.46. The van der Waals surface area contributed by atoms with E-state index in [1.807, 2.05) is 0 Å². The highest BCUT2D eigenvalue weighted by atomic mass is 35.5. The van der Waals surface area contributed by atoms with Crippen LogP contribution in [-0.4, -0.2) is 8.42 Å². The van der Waals surface area contributed by atoms with Gasteiger partial charge in [0.15, 0.2) is 0 Å². The van der Waals surface area contributed by atoms with Crippen LogP contribution in [0.2, 0.25) is 5.02 Å². The summed E-state index contributed by atoms with van der Waals surface area (Å²) >= 11 is 5.85. The van der Waals surface area contributed by atoms with E-state index in [4.69, 9.17) is 11.6 Å². The van der Waals surface area contributed by atoms with Crippen LogP contribution in [0.1, 0.15) is 0 Å². The van der Waals surface area contributed by atoms with Crippen molar-refractivity contribution in [3.63, 3.8) is 0 Å². The number of hydrogen-bond acceptors (Lipinski definition) is 2. The molecule has 0 saturated carbocycles. The van der Waals surface area contributed by atoms with Crippen molar-refractivity contribution in [3.8, 4) is 0 Å². The van der Waals surface area contributed by atoms with E-state index in [1.165, 1.54) is 24.3 Å². The van der Waals surface area contributed by atoms with Gasteiger partial charge in [0.05, 0.1) is 14.8 Å². The normalized spacial score (nSPS) is 11.3. The quantitative estimate of drug-likeness (QED) is 0.822. The van der Waals surface area contributed by atoms with Crippen molar-refractivity contribution in [2.75, 3.05) is 0 Å². The Morgan fingerprint density at radius 2 is 1.69 bits per heavy atom. The zero-order valence-electron chi connectivity index (χ0n) is 8.22. The SMILES string of the molecule is O=S(=O)(c1ccccc1)c1[c]cccc1Cl. The molecule has 0 N–H and O–H groups in total. The molecule has 0 aliphatic rings. The molecule has 0 aliphatic heterocycles. The molecule has 0 unspecified atom stereocenters. The van der Waals surface area contributed by atoms with Crippen molar-refractivity contribution in [3.05, 3.63) is 59.6 Å². The molecule has 2 nitrogen and oxygen atoms in total. The van der Waals surface area contributed by atoms with Crippen LogP contribution in [0.3, 0.4) is 0 Å². The third-order valence-electron chi connectivity index (χ3n) is 2.09. The maximum Gasteiger partial charge on any atom is 0.208 e. The molecule has 0 saturated heterocycles. The van der Waals surface area contributed by atoms with Crippen molar-refractivity contribution in [2.24, 2.45) is 0 Å². The lowest BCUT2D eigenvalue weighted by atomic mass is 10.4. The van der Waals surface area contributed by atoms with Crippen LogP contribution in [0, 0.1) is 6.07 Å². The Balaban J connectivity index is 2.62. The first-order chi connectivity index (χ1) is 7.62. The maximum absolute atomic E-state index is 12.1. The highest BCUT2D eigenvalue weighted by Gasteiger charge is 2.19. The Morgan fingerprint density at radius 1 is 1.00 bits per heavy atom. The Hall–Kier alpha value is -1.32. The number of rotatable bonds is 2. The number of sulfone groups is 1. The van der Waals surface area contributed by atoms with Gasteiger partial charge in [0.1, 0.15) is 0 Å². The summed E-state index contributed by atoms with van der Waals surface area (Å²) in [5, 5.41) is 0.186. The average molecular weight is 252 g/mol. The van der Waals surface area contributed by atoms with E-state index in [9.17, 15) is 8.42 Å². The van der Waals surface area contributed by atoms with Gasteiger partial charge in [-0.2, -0.15) is 0 Å². The second-order valence-electron chi connectivity index (χ2n) is 3.16. The summed E-state index contributed by atoms with van der Waals surface area (Å²) in [6.45, 7) is 0. The minimum absolute atomic E-state index is 0.0165. The number of benzene rings is 2. The van der Waals surface area contributed by atoms with Crippen molar-refractivity contribution in [1.82, 2.24) is 0 Å². The van der Waals surface area contributed by atoms with Gasteiger partial charge in [-0.1, -0.05) is 41.9 Å². The molecule has 0 heterocycles. The third-order valence-corrected chi connectivity index (χ3v) is 4.29. The summed E-state index contributed by atoms with van der Waals surface area (Å²) in [5.74, 6) is 0. The predicted octanol–water partition coefficient (Wildman–Crippen LogP) is 2.97. The molecule has 0 spiro atoms. The Labute approximate surface area is 99.4 Å². The first-order valence-electron chi connectivity index (χ1n) is 4.59. The standard InChI is InChI=1S/C12H8ClO2S/c13-11-8-4-5-9-12(11)16(14,15)10-6-2-1-3-7-10/h1-8H. The lowest BCUT2D eigenvalue weighted by Gasteiger charge is -2.05. The van der Waals surface area contributed by atoms with Crippen molar-refractivity contribution in [2.45, 2.75) is 9.79 Å². The summed E-state index contributed by atoms with van der Waals surface area (Å²) < 4.78 is 24.3. The van der Waals surface area contributed by atoms with E-state index in [2.05, 4.69) is 6.07 Å². The molecule has 1 radical (unpaired) electrons. The van der Waals surface area contributed by atoms with Gasteiger partial charge in [0.2, 0.25) is 9.84 Å². The lowest BCUT2D eigenvalue weighted by Crippen LogP contribution is -2.02. The van der Waals surface area contributed by atoms with Gasteiger partial charge in [0, 0.05) is 6.07 Å². The summed E-state index contributed by atoms with van der Waals surface area (Å²) in [6, 6.07) is 15.5. The van der Waals surface area contributed by atoms with Gasteiger partial charge in [-0.25, -0.2) is 8.42 Å². The summed E-state index contributed by atoms with van der Waals surface area (Å²) in [6.07, 6.45) is 0. The molecule has 2 aromatic carbocycles. The highest BCUT2D eigenvalue weighted by Crippen LogP contribution is 2.26. The molecular weight excluding hydrogens is 244 g/mol. The third kappa shape index (κ3) is 1.96. The van der Waals surface area contributed by atoms with Crippen LogP contribution in [-0.2, 0) is 9.84 Å². The Bertz CT molecular complexity index is 591.